The largest absolute Gasteiger partial charge is 0.384 e. The summed E-state index contributed by atoms with van der Waals surface area (Å²) in [4.78, 5) is 0. The number of hydrogen-bond acceptors (Lipinski definition) is 1. The first-order chi connectivity index (χ1) is 6.31. The standard InChI is InChI=1S/C12H17N/c1-3-10-5-4-6-11-7-9(2)8-13-12(10)11/h4-6,9,13H,3,7-8H2,1-2H3. The topological polar surface area (TPSA) is 12.0 Å². The van der Waals surface area contributed by atoms with Gasteiger partial charge in [0.05, 0.1) is 0 Å². The Labute approximate surface area is 80.2 Å². The number of fused-ring (bicyclic) bond motifs is 1. The third kappa shape index (κ3) is 1.55. The number of aryl methyl sites for hydroxylation is 1. The SMILES string of the molecule is CCc1cccc2c1NCC(C)C2. The van der Waals surface area contributed by atoms with Gasteiger partial charge in [-0.2, -0.15) is 0 Å². The van der Waals surface area contributed by atoms with E-state index >= 15 is 0 Å². The lowest BCUT2D eigenvalue weighted by atomic mass is 9.92. The van der Waals surface area contributed by atoms with Gasteiger partial charge in [0.1, 0.15) is 0 Å². The Balaban J connectivity index is 2.39. The van der Waals surface area contributed by atoms with E-state index in [1.165, 1.54) is 23.2 Å². The van der Waals surface area contributed by atoms with E-state index in [1.54, 1.807) is 0 Å². The Morgan fingerprint density at radius 2 is 2.31 bits per heavy atom. The third-order valence-corrected chi connectivity index (χ3v) is 2.81. The van der Waals surface area contributed by atoms with Crippen LogP contribution in [0.2, 0.25) is 0 Å². The first-order valence-corrected chi connectivity index (χ1v) is 5.16. The minimum atomic E-state index is 0.777. The van der Waals surface area contributed by atoms with Crippen LogP contribution in [0.15, 0.2) is 18.2 Å². The lowest BCUT2D eigenvalue weighted by molar-refractivity contribution is 0.593. The van der Waals surface area contributed by atoms with Crippen molar-refractivity contribution in [1.82, 2.24) is 0 Å². The van der Waals surface area contributed by atoms with Crippen LogP contribution in [0, 0.1) is 5.92 Å². The van der Waals surface area contributed by atoms with Gasteiger partial charge in [0.15, 0.2) is 0 Å². The molecule has 70 valence electrons. The normalized spacial score (nSPS) is 20.6. The summed E-state index contributed by atoms with van der Waals surface area (Å²) in [5.74, 6) is 0.777. The zero-order valence-electron chi connectivity index (χ0n) is 8.43. The highest BCUT2D eigenvalue weighted by Gasteiger charge is 2.15. The number of para-hydroxylation sites is 1. The van der Waals surface area contributed by atoms with E-state index in [0.717, 1.165) is 18.9 Å². The van der Waals surface area contributed by atoms with Gasteiger partial charge in [-0.1, -0.05) is 32.0 Å². The van der Waals surface area contributed by atoms with Gasteiger partial charge >= 0.3 is 0 Å². The van der Waals surface area contributed by atoms with Crippen molar-refractivity contribution in [2.24, 2.45) is 5.92 Å². The summed E-state index contributed by atoms with van der Waals surface area (Å²) in [6.45, 7) is 5.65. The predicted octanol–water partition coefficient (Wildman–Crippen LogP) is 2.85. The summed E-state index contributed by atoms with van der Waals surface area (Å²) in [7, 11) is 0. The monoisotopic (exact) mass is 175 g/mol. The van der Waals surface area contributed by atoms with Gasteiger partial charge in [-0.05, 0) is 29.9 Å². The van der Waals surface area contributed by atoms with Crippen LogP contribution in [0.25, 0.3) is 0 Å². The van der Waals surface area contributed by atoms with Crippen molar-refractivity contribution < 1.29 is 0 Å². The first-order valence-electron chi connectivity index (χ1n) is 5.16. The van der Waals surface area contributed by atoms with Crippen LogP contribution in [-0.4, -0.2) is 6.54 Å². The van der Waals surface area contributed by atoms with E-state index in [0.29, 0.717) is 0 Å². The zero-order chi connectivity index (χ0) is 9.26. The van der Waals surface area contributed by atoms with E-state index in [4.69, 9.17) is 0 Å². The summed E-state index contributed by atoms with van der Waals surface area (Å²) < 4.78 is 0. The van der Waals surface area contributed by atoms with Crippen molar-refractivity contribution in [2.75, 3.05) is 11.9 Å². The lowest BCUT2D eigenvalue weighted by Gasteiger charge is -2.25. The van der Waals surface area contributed by atoms with E-state index in [2.05, 4.69) is 37.4 Å². The van der Waals surface area contributed by atoms with E-state index in [9.17, 15) is 0 Å². The summed E-state index contributed by atoms with van der Waals surface area (Å²) in [6, 6.07) is 6.65. The molecule has 1 heterocycles. The minimum absolute atomic E-state index is 0.777. The van der Waals surface area contributed by atoms with E-state index < -0.39 is 0 Å². The van der Waals surface area contributed by atoms with Crippen LogP contribution in [-0.2, 0) is 12.8 Å². The average Bonchev–Trinajstić information content (AvgIpc) is 2.16. The van der Waals surface area contributed by atoms with Gasteiger partial charge in [-0.25, -0.2) is 0 Å². The van der Waals surface area contributed by atoms with Gasteiger partial charge in [0.2, 0.25) is 0 Å². The summed E-state index contributed by atoms with van der Waals surface area (Å²) in [5, 5.41) is 3.53. The van der Waals surface area contributed by atoms with E-state index in [-0.39, 0.29) is 0 Å². The second-order valence-corrected chi connectivity index (χ2v) is 4.00. The highest BCUT2D eigenvalue weighted by molar-refractivity contribution is 5.59. The number of nitrogens with one attached hydrogen (secondary N) is 1. The second-order valence-electron chi connectivity index (χ2n) is 4.00. The maximum absolute atomic E-state index is 3.53. The summed E-state index contributed by atoms with van der Waals surface area (Å²) >= 11 is 0. The highest BCUT2D eigenvalue weighted by atomic mass is 14.9. The lowest BCUT2D eigenvalue weighted by Crippen LogP contribution is -2.21. The molecule has 0 amide bonds. The van der Waals surface area contributed by atoms with Gasteiger partial charge in [0, 0.05) is 12.2 Å². The number of hydrogen-bond donors (Lipinski definition) is 1. The van der Waals surface area contributed by atoms with E-state index in [1.807, 2.05) is 0 Å². The van der Waals surface area contributed by atoms with Gasteiger partial charge < -0.3 is 5.32 Å². The second kappa shape index (κ2) is 3.41. The molecule has 0 saturated heterocycles. The molecule has 13 heavy (non-hydrogen) atoms. The zero-order valence-corrected chi connectivity index (χ0v) is 8.43. The molecule has 1 aliphatic heterocycles. The van der Waals surface area contributed by atoms with Crippen molar-refractivity contribution in [1.29, 1.82) is 0 Å². The molecular formula is C12H17N. The fourth-order valence-electron chi connectivity index (χ4n) is 2.07. The van der Waals surface area contributed by atoms with Crippen LogP contribution in [0.4, 0.5) is 5.69 Å². The average molecular weight is 175 g/mol. The smallest absolute Gasteiger partial charge is 0.0405 e. The van der Waals surface area contributed by atoms with Gasteiger partial charge in [-0.3, -0.25) is 0 Å². The van der Waals surface area contributed by atoms with Crippen LogP contribution in [0.3, 0.4) is 0 Å². The molecule has 0 saturated carbocycles. The fourth-order valence-corrected chi connectivity index (χ4v) is 2.07. The molecule has 1 aromatic carbocycles. The molecule has 0 bridgehead atoms. The molecule has 2 rings (SSSR count). The molecule has 1 aliphatic rings. The molecule has 0 fully saturated rings. The Morgan fingerprint density at radius 3 is 3.08 bits per heavy atom. The molecule has 1 aromatic rings. The molecule has 0 spiro atoms. The van der Waals surface area contributed by atoms with Crippen molar-refractivity contribution in [3.63, 3.8) is 0 Å². The Bertz CT molecular complexity index is 304. The predicted molar refractivity (Wildman–Crippen MR) is 57.2 cm³/mol. The summed E-state index contributed by atoms with van der Waals surface area (Å²) in [6.07, 6.45) is 2.36. The highest BCUT2D eigenvalue weighted by Crippen LogP contribution is 2.28. The van der Waals surface area contributed by atoms with Crippen molar-refractivity contribution in [2.45, 2.75) is 26.7 Å². The molecule has 0 radical (unpaired) electrons. The van der Waals surface area contributed by atoms with Crippen molar-refractivity contribution in [3.8, 4) is 0 Å². The number of anilines is 1. The van der Waals surface area contributed by atoms with Crippen LogP contribution in [0.5, 0.6) is 0 Å². The Kier molecular flexibility index (Phi) is 2.26. The molecule has 1 N–H and O–H groups in total. The van der Waals surface area contributed by atoms with Crippen LogP contribution < -0.4 is 5.32 Å². The van der Waals surface area contributed by atoms with Crippen molar-refractivity contribution in [3.05, 3.63) is 29.3 Å². The van der Waals surface area contributed by atoms with Gasteiger partial charge in [-0.15, -0.1) is 0 Å². The molecule has 1 atom stereocenters. The molecule has 0 aliphatic carbocycles. The minimum Gasteiger partial charge on any atom is -0.384 e. The molecule has 1 nitrogen and oxygen atoms in total. The molecule has 1 unspecified atom stereocenters. The molecule has 1 heteroatoms. The third-order valence-electron chi connectivity index (χ3n) is 2.81. The Hall–Kier alpha value is -0.980. The van der Waals surface area contributed by atoms with Crippen LogP contribution >= 0.6 is 0 Å². The Morgan fingerprint density at radius 1 is 1.46 bits per heavy atom. The quantitative estimate of drug-likeness (QED) is 0.692. The summed E-state index contributed by atoms with van der Waals surface area (Å²) in [5.41, 5.74) is 4.37. The molecule has 0 aromatic heterocycles. The fraction of sp³-hybridized carbons (Fsp3) is 0.500. The maximum Gasteiger partial charge on any atom is 0.0405 e. The van der Waals surface area contributed by atoms with Crippen LogP contribution in [0.1, 0.15) is 25.0 Å². The number of benzene rings is 1. The maximum atomic E-state index is 3.53. The number of rotatable bonds is 1. The first kappa shape index (κ1) is 8.61. The van der Waals surface area contributed by atoms with Crippen molar-refractivity contribution >= 4 is 5.69 Å². The van der Waals surface area contributed by atoms with Gasteiger partial charge in [0.25, 0.3) is 0 Å². The molecular weight excluding hydrogens is 158 g/mol.